The number of nitrogens with zero attached hydrogens (tertiary/aromatic N) is 5. The van der Waals surface area contributed by atoms with Gasteiger partial charge >= 0.3 is 0 Å². The molecule has 74 heavy (non-hydrogen) atoms. The van der Waals surface area contributed by atoms with Crippen LogP contribution in [-0.2, 0) is 87.5 Å². The number of anilines is 1. The molecule has 2 aromatic heterocycles. The first-order chi connectivity index (χ1) is 36.2. The van der Waals surface area contributed by atoms with Crippen LogP contribution in [0.1, 0.15) is 44.5 Å². The van der Waals surface area contributed by atoms with Gasteiger partial charge in [-0.3, -0.25) is 43.5 Å². The molecule has 2 aliphatic heterocycles. The Morgan fingerprint density at radius 3 is 1.59 bits per heavy atom. The molecule has 0 saturated carbocycles. The van der Waals surface area contributed by atoms with Gasteiger partial charge in [0.25, 0.3) is 17.7 Å². The molecule has 0 aromatic carbocycles. The second kappa shape index (κ2) is 37.9. The highest BCUT2D eigenvalue weighted by molar-refractivity contribution is 6.14. The van der Waals surface area contributed by atoms with Crippen LogP contribution in [0.2, 0.25) is 0 Å². The van der Waals surface area contributed by atoms with Gasteiger partial charge in [-0.2, -0.15) is 0 Å². The molecule has 0 spiro atoms. The molecule has 0 atom stereocenters. The van der Waals surface area contributed by atoms with E-state index in [-0.39, 0.29) is 63.4 Å². The van der Waals surface area contributed by atoms with Crippen molar-refractivity contribution in [3.63, 3.8) is 0 Å². The Balaban J connectivity index is 0.847. The van der Waals surface area contributed by atoms with E-state index >= 15 is 0 Å². The van der Waals surface area contributed by atoms with E-state index in [4.69, 9.17) is 52.2 Å². The van der Waals surface area contributed by atoms with Gasteiger partial charge in [-0.1, -0.05) is 6.92 Å². The second-order valence-electron chi connectivity index (χ2n) is 15.9. The highest BCUT2D eigenvalue weighted by Gasteiger charge is 2.26. The predicted molar refractivity (Wildman–Crippen MR) is 264 cm³/mol. The fourth-order valence-electron chi connectivity index (χ4n) is 6.47. The van der Waals surface area contributed by atoms with Crippen molar-refractivity contribution in [3.8, 4) is 11.3 Å². The summed E-state index contributed by atoms with van der Waals surface area (Å²) in [6.45, 7) is 12.5. The summed E-state index contributed by atoms with van der Waals surface area (Å²) in [7, 11) is 0. The van der Waals surface area contributed by atoms with Gasteiger partial charge in [0, 0.05) is 67.0 Å². The lowest BCUT2D eigenvalue weighted by molar-refractivity contribution is -0.180. The fourth-order valence-corrected chi connectivity index (χ4v) is 6.47. The minimum absolute atomic E-state index is 0.0946. The van der Waals surface area contributed by atoms with E-state index in [9.17, 15) is 28.8 Å². The number of hydrogen-bond donors (Lipinski definition) is 3. The molecule has 410 valence electrons. The number of aromatic nitrogens is 3. The van der Waals surface area contributed by atoms with Crippen molar-refractivity contribution in [1.29, 1.82) is 0 Å². The van der Waals surface area contributed by atoms with Gasteiger partial charge < -0.3 is 63.3 Å². The summed E-state index contributed by atoms with van der Waals surface area (Å²) in [6.07, 6.45) is 9.46. The molecule has 0 radical (unpaired) electrons. The van der Waals surface area contributed by atoms with E-state index in [0.29, 0.717) is 172 Å². The van der Waals surface area contributed by atoms with Crippen molar-refractivity contribution in [3.05, 3.63) is 53.8 Å². The number of ether oxygens (including phenoxy) is 10. The predicted octanol–water partition coefficient (Wildman–Crippen LogP) is 0.668. The van der Waals surface area contributed by atoms with Gasteiger partial charge in [0.15, 0.2) is 0 Å². The van der Waals surface area contributed by atoms with Crippen molar-refractivity contribution in [1.82, 2.24) is 35.5 Å². The number of carbonyl (C=O) groups is 6. The maximum Gasteiger partial charge on any atom is 0.273 e. The zero-order valence-electron chi connectivity index (χ0n) is 42.5. The SMILES string of the molecule is CCCN(OCC)C(=O)C1=Cc2cnc(-c3cnc(CNC(=O)CCOCCOCCOCCOCCOCCOCCOCCOCCOCCOCCNC(=O)CN4C(=O)C=CC4=O)nc3)cc2NC(=O)C1. The summed E-state index contributed by atoms with van der Waals surface area (Å²) in [5, 5.41) is 9.51. The molecule has 0 bridgehead atoms. The molecule has 3 N–H and O–H groups in total. The largest absolute Gasteiger partial charge is 0.379 e. The van der Waals surface area contributed by atoms with E-state index in [1.54, 1.807) is 37.7 Å². The maximum absolute atomic E-state index is 13.1. The summed E-state index contributed by atoms with van der Waals surface area (Å²) >= 11 is 0. The van der Waals surface area contributed by atoms with Gasteiger partial charge in [0.1, 0.15) is 12.4 Å². The summed E-state index contributed by atoms with van der Waals surface area (Å²) in [5.74, 6) is -1.92. The smallest absolute Gasteiger partial charge is 0.273 e. The number of amides is 6. The van der Waals surface area contributed by atoms with Gasteiger partial charge in [-0.15, -0.1) is 0 Å². The highest BCUT2D eigenvalue weighted by Crippen LogP contribution is 2.28. The number of hydroxylamine groups is 2. The van der Waals surface area contributed by atoms with Gasteiger partial charge in [-0.05, 0) is 25.5 Å². The van der Waals surface area contributed by atoms with Crippen LogP contribution in [0.3, 0.4) is 0 Å². The number of rotatable bonds is 43. The molecule has 4 rings (SSSR count). The van der Waals surface area contributed by atoms with Crippen LogP contribution in [0, 0.1) is 0 Å². The van der Waals surface area contributed by atoms with E-state index in [1.165, 1.54) is 5.06 Å². The Labute approximate surface area is 431 Å². The first-order valence-electron chi connectivity index (χ1n) is 24.8. The van der Waals surface area contributed by atoms with Crippen LogP contribution in [0.5, 0.6) is 0 Å². The van der Waals surface area contributed by atoms with Crippen molar-refractivity contribution < 1.29 is 81.0 Å². The molecule has 0 saturated heterocycles. The lowest BCUT2D eigenvalue weighted by Gasteiger charge is -2.21. The van der Waals surface area contributed by atoms with Crippen molar-refractivity contribution in [2.45, 2.75) is 39.7 Å². The first kappa shape index (κ1) is 60.8. The Kier molecular flexibility index (Phi) is 31.2. The number of imide groups is 1. The summed E-state index contributed by atoms with van der Waals surface area (Å²) in [5.41, 5.74) is 2.55. The minimum Gasteiger partial charge on any atom is -0.379 e. The van der Waals surface area contributed by atoms with Gasteiger partial charge in [0.2, 0.25) is 17.7 Å². The zero-order valence-corrected chi connectivity index (χ0v) is 42.5. The molecule has 25 nitrogen and oxygen atoms in total. The van der Waals surface area contributed by atoms with Crippen LogP contribution in [0.4, 0.5) is 5.69 Å². The number of hydrogen-bond acceptors (Lipinski definition) is 20. The number of nitrogens with one attached hydrogen (secondary N) is 3. The Morgan fingerprint density at radius 2 is 1.11 bits per heavy atom. The Morgan fingerprint density at radius 1 is 0.622 bits per heavy atom. The topological polar surface area (TPSA) is 285 Å². The van der Waals surface area contributed by atoms with E-state index in [1.807, 2.05) is 6.92 Å². The summed E-state index contributed by atoms with van der Waals surface area (Å²) in [6, 6.07) is 1.71. The van der Waals surface area contributed by atoms with Crippen LogP contribution in [0.15, 0.2) is 42.4 Å². The Hall–Kier alpha value is -5.71. The molecule has 2 aromatic rings. The summed E-state index contributed by atoms with van der Waals surface area (Å²) < 4.78 is 54.8. The number of carbonyl (C=O) groups excluding carboxylic acids is 6. The minimum atomic E-state index is -0.501. The van der Waals surface area contributed by atoms with E-state index in [0.717, 1.165) is 17.1 Å². The van der Waals surface area contributed by atoms with Gasteiger partial charge in [-0.25, -0.2) is 15.0 Å². The maximum atomic E-state index is 13.1. The third-order valence-electron chi connectivity index (χ3n) is 10.1. The lowest BCUT2D eigenvalue weighted by atomic mass is 10.1. The fraction of sp³-hybridized carbons (Fsp3) is 0.612. The third-order valence-corrected chi connectivity index (χ3v) is 10.1. The molecular formula is C49H72N8O17. The van der Waals surface area contributed by atoms with Crippen molar-refractivity contribution in [2.75, 3.05) is 164 Å². The van der Waals surface area contributed by atoms with Crippen LogP contribution >= 0.6 is 0 Å². The summed E-state index contributed by atoms with van der Waals surface area (Å²) in [4.78, 5) is 92.5. The Bertz CT molecular complexity index is 2040. The first-order valence-corrected chi connectivity index (χ1v) is 24.8. The van der Waals surface area contributed by atoms with Crippen LogP contribution in [-0.4, -0.2) is 219 Å². The molecule has 0 fully saturated rings. The quantitative estimate of drug-likeness (QED) is 0.0467. The molecule has 4 heterocycles. The molecule has 25 heteroatoms. The number of pyridine rings is 1. The molecule has 2 aliphatic rings. The molecule has 0 aliphatic carbocycles. The molecule has 0 unspecified atom stereocenters. The lowest BCUT2D eigenvalue weighted by Crippen LogP contribution is -2.41. The molecular weight excluding hydrogens is 973 g/mol. The zero-order chi connectivity index (χ0) is 52.9. The van der Waals surface area contributed by atoms with Crippen molar-refractivity contribution in [2.24, 2.45) is 0 Å². The highest BCUT2D eigenvalue weighted by atomic mass is 16.7. The average Bonchev–Trinajstić information content (AvgIpc) is 3.60. The van der Waals surface area contributed by atoms with Crippen LogP contribution in [0.25, 0.3) is 17.3 Å². The van der Waals surface area contributed by atoms with E-state index < -0.39 is 17.7 Å². The molecule has 6 amide bonds. The number of fused-ring (bicyclic) bond motifs is 1. The average molecular weight is 1050 g/mol. The van der Waals surface area contributed by atoms with Crippen LogP contribution < -0.4 is 16.0 Å². The third kappa shape index (κ3) is 25.5. The van der Waals surface area contributed by atoms with Gasteiger partial charge in [0.05, 0.1) is 163 Å². The van der Waals surface area contributed by atoms with E-state index in [2.05, 4.69) is 30.9 Å². The second-order valence-corrected chi connectivity index (χ2v) is 15.9. The standard InChI is InChI=1S/C49H72N8O17/c1-3-9-57(74-4-2)49(63)38-30-39-33-51-41(32-42(39)55-45(59)31-38)40-34-52-43(53-35-40)36-54-44(58)7-10-64-12-14-66-16-18-68-20-22-70-24-26-72-28-29-73-27-25-71-23-21-69-19-17-67-15-13-65-11-8-50-46(60)37-56-47(61)5-6-48(56)62/h5-6,30,32-35H,3-4,7-29,31,36-37H2,1-2H3,(H,50,60)(H,54,58)(H,55,59). The monoisotopic (exact) mass is 1040 g/mol. The normalized spacial score (nSPS) is 13.2. The van der Waals surface area contributed by atoms with Crippen molar-refractivity contribution >= 4 is 47.2 Å².